The van der Waals surface area contributed by atoms with Crippen molar-refractivity contribution in [3.63, 3.8) is 0 Å². The minimum Gasteiger partial charge on any atom is -0.310 e. The first-order chi connectivity index (χ1) is 6.86. The fourth-order valence-electron chi connectivity index (χ4n) is 1.45. The van der Waals surface area contributed by atoms with Crippen LogP contribution in [0.15, 0.2) is 43.0 Å². The molecule has 0 bridgehead atoms. The van der Waals surface area contributed by atoms with Crippen molar-refractivity contribution in [3.05, 3.63) is 48.6 Å². The summed E-state index contributed by atoms with van der Waals surface area (Å²) in [7, 11) is 0. The Hall–Kier alpha value is -1.08. The number of nitrogens with one attached hydrogen (secondary N) is 1. The highest BCUT2D eigenvalue weighted by Gasteiger charge is 2.01. The number of hydrogen-bond acceptors (Lipinski definition) is 1. The van der Waals surface area contributed by atoms with Crippen molar-refractivity contribution in [2.24, 2.45) is 0 Å². The zero-order chi connectivity index (χ0) is 10.2. The van der Waals surface area contributed by atoms with Gasteiger partial charge in [-0.3, -0.25) is 0 Å². The summed E-state index contributed by atoms with van der Waals surface area (Å²) in [6, 6.07) is 11.1. The molecule has 0 unspecified atom stereocenters. The largest absolute Gasteiger partial charge is 0.310 e. The van der Waals surface area contributed by atoms with E-state index >= 15 is 0 Å². The summed E-state index contributed by atoms with van der Waals surface area (Å²) < 4.78 is 0. The molecule has 0 radical (unpaired) electrons. The second-order valence-corrected chi connectivity index (χ2v) is 3.50. The van der Waals surface area contributed by atoms with Crippen LogP contribution in [0.25, 0.3) is 0 Å². The van der Waals surface area contributed by atoms with Crippen LogP contribution >= 0.6 is 0 Å². The van der Waals surface area contributed by atoms with Gasteiger partial charge < -0.3 is 5.32 Å². The molecule has 1 nitrogen and oxygen atoms in total. The predicted molar refractivity (Wildman–Crippen MR) is 62.2 cm³/mol. The highest BCUT2D eigenvalue weighted by atomic mass is 14.9. The van der Waals surface area contributed by atoms with Gasteiger partial charge in [-0.05, 0) is 18.4 Å². The molecular weight excluding hydrogens is 170 g/mol. The molecule has 1 N–H and O–H groups in total. The first kappa shape index (κ1) is 11.0. The minimum absolute atomic E-state index is 0.563. The predicted octanol–water partition coefficient (Wildman–Crippen LogP) is 3.13. The maximum atomic E-state index is 3.76. The number of benzene rings is 1. The molecule has 0 heterocycles. The Labute approximate surface area is 86.8 Å². The molecule has 0 spiro atoms. The Morgan fingerprint density at radius 1 is 1.36 bits per heavy atom. The van der Waals surface area contributed by atoms with Gasteiger partial charge in [0, 0.05) is 12.6 Å². The van der Waals surface area contributed by atoms with E-state index in [4.69, 9.17) is 0 Å². The molecule has 1 heteroatoms. The third-order valence-electron chi connectivity index (χ3n) is 2.38. The average Bonchev–Trinajstić information content (AvgIpc) is 2.25. The summed E-state index contributed by atoms with van der Waals surface area (Å²) >= 11 is 0. The Balaban J connectivity index is 2.35. The lowest BCUT2D eigenvalue weighted by atomic mass is 10.1. The normalized spacial score (nSPS) is 12.4. The monoisotopic (exact) mass is 189 g/mol. The van der Waals surface area contributed by atoms with Crippen molar-refractivity contribution in [3.8, 4) is 0 Å². The molecule has 14 heavy (non-hydrogen) atoms. The van der Waals surface area contributed by atoms with Crippen LogP contribution in [0.5, 0.6) is 0 Å². The molecule has 0 fully saturated rings. The van der Waals surface area contributed by atoms with Gasteiger partial charge in [-0.15, -0.1) is 6.58 Å². The number of hydrogen-bond donors (Lipinski definition) is 1. The van der Waals surface area contributed by atoms with Crippen molar-refractivity contribution < 1.29 is 0 Å². The Morgan fingerprint density at radius 2 is 2.07 bits per heavy atom. The van der Waals surface area contributed by atoms with E-state index in [2.05, 4.69) is 43.1 Å². The van der Waals surface area contributed by atoms with Crippen molar-refractivity contribution in [2.75, 3.05) is 0 Å². The van der Waals surface area contributed by atoms with E-state index in [1.54, 1.807) is 0 Å². The third-order valence-corrected chi connectivity index (χ3v) is 2.38. The first-order valence-electron chi connectivity index (χ1n) is 5.25. The zero-order valence-electron chi connectivity index (χ0n) is 8.87. The van der Waals surface area contributed by atoms with Crippen molar-refractivity contribution in [1.29, 1.82) is 0 Å². The van der Waals surface area contributed by atoms with Crippen LogP contribution in [0, 0.1) is 0 Å². The summed E-state index contributed by atoms with van der Waals surface area (Å²) in [5, 5.41) is 3.52. The summed E-state index contributed by atoms with van der Waals surface area (Å²) in [5.74, 6) is 0. The van der Waals surface area contributed by atoms with Crippen LogP contribution in [-0.4, -0.2) is 6.04 Å². The standard InChI is InChI=1S/C13H19N/c1-3-8-13(4-2)14-11-12-9-6-5-7-10-12/h3,5-7,9-10,13-14H,1,4,8,11H2,2H3/t13-/m1/s1. The smallest absolute Gasteiger partial charge is 0.0208 e. The van der Waals surface area contributed by atoms with Crippen molar-refractivity contribution in [1.82, 2.24) is 5.32 Å². The van der Waals surface area contributed by atoms with Gasteiger partial charge in [0.05, 0.1) is 0 Å². The minimum atomic E-state index is 0.563. The molecule has 1 rings (SSSR count). The molecule has 1 aromatic rings. The molecule has 76 valence electrons. The molecule has 0 aliphatic rings. The van der Waals surface area contributed by atoms with Crippen LogP contribution in [-0.2, 0) is 6.54 Å². The van der Waals surface area contributed by atoms with E-state index in [0.717, 1.165) is 19.4 Å². The van der Waals surface area contributed by atoms with Gasteiger partial charge in [0.25, 0.3) is 0 Å². The lowest BCUT2D eigenvalue weighted by Crippen LogP contribution is -2.27. The van der Waals surface area contributed by atoms with Crippen molar-refractivity contribution >= 4 is 0 Å². The SMILES string of the molecule is C=CC[C@@H](CC)NCc1ccccc1. The van der Waals surface area contributed by atoms with Crippen LogP contribution in [0.2, 0.25) is 0 Å². The quantitative estimate of drug-likeness (QED) is 0.678. The van der Waals surface area contributed by atoms with Gasteiger partial charge in [0.2, 0.25) is 0 Å². The fourth-order valence-corrected chi connectivity index (χ4v) is 1.45. The van der Waals surface area contributed by atoms with Crippen LogP contribution in [0.1, 0.15) is 25.3 Å². The maximum absolute atomic E-state index is 3.76. The van der Waals surface area contributed by atoms with Gasteiger partial charge >= 0.3 is 0 Å². The van der Waals surface area contributed by atoms with Gasteiger partial charge in [-0.1, -0.05) is 43.3 Å². The lowest BCUT2D eigenvalue weighted by molar-refractivity contribution is 0.501. The average molecular weight is 189 g/mol. The van der Waals surface area contributed by atoms with Crippen LogP contribution < -0.4 is 5.32 Å². The maximum Gasteiger partial charge on any atom is 0.0208 e. The summed E-state index contributed by atoms with van der Waals surface area (Å²) in [6.45, 7) is 6.92. The molecule has 1 atom stereocenters. The molecule has 0 saturated heterocycles. The summed E-state index contributed by atoms with van der Waals surface area (Å²) in [4.78, 5) is 0. The van der Waals surface area contributed by atoms with Gasteiger partial charge in [0.1, 0.15) is 0 Å². The molecule has 0 saturated carbocycles. The molecular formula is C13H19N. The highest BCUT2D eigenvalue weighted by Crippen LogP contribution is 2.02. The Bertz CT molecular complexity index is 253. The third kappa shape index (κ3) is 3.75. The van der Waals surface area contributed by atoms with Crippen molar-refractivity contribution in [2.45, 2.75) is 32.4 Å². The van der Waals surface area contributed by atoms with E-state index in [1.165, 1.54) is 5.56 Å². The van der Waals surface area contributed by atoms with E-state index in [0.29, 0.717) is 6.04 Å². The van der Waals surface area contributed by atoms with Gasteiger partial charge in [-0.2, -0.15) is 0 Å². The topological polar surface area (TPSA) is 12.0 Å². The second kappa shape index (κ2) is 6.39. The van der Waals surface area contributed by atoms with Crippen LogP contribution in [0.4, 0.5) is 0 Å². The molecule has 0 aromatic heterocycles. The van der Waals surface area contributed by atoms with E-state index < -0.39 is 0 Å². The van der Waals surface area contributed by atoms with E-state index in [1.807, 2.05) is 12.1 Å². The Kier molecular flexibility index (Phi) is 5.02. The zero-order valence-corrected chi connectivity index (χ0v) is 8.87. The highest BCUT2D eigenvalue weighted by molar-refractivity contribution is 5.14. The lowest BCUT2D eigenvalue weighted by Gasteiger charge is -2.14. The van der Waals surface area contributed by atoms with E-state index in [-0.39, 0.29) is 0 Å². The summed E-state index contributed by atoms with van der Waals surface area (Å²) in [6.07, 6.45) is 4.17. The fraction of sp³-hybridized carbons (Fsp3) is 0.385. The number of rotatable bonds is 6. The molecule has 0 aliphatic heterocycles. The van der Waals surface area contributed by atoms with Gasteiger partial charge in [0.15, 0.2) is 0 Å². The van der Waals surface area contributed by atoms with Gasteiger partial charge in [-0.25, -0.2) is 0 Å². The van der Waals surface area contributed by atoms with Crippen LogP contribution in [0.3, 0.4) is 0 Å². The molecule has 0 aliphatic carbocycles. The van der Waals surface area contributed by atoms with E-state index in [9.17, 15) is 0 Å². The second-order valence-electron chi connectivity index (χ2n) is 3.50. The molecule has 0 amide bonds. The first-order valence-corrected chi connectivity index (χ1v) is 5.25. The summed E-state index contributed by atoms with van der Waals surface area (Å²) in [5.41, 5.74) is 1.34. The molecule has 1 aromatic carbocycles. The Morgan fingerprint density at radius 3 is 2.64 bits per heavy atom.